The fourth-order valence-corrected chi connectivity index (χ4v) is 2.50. The van der Waals surface area contributed by atoms with Gasteiger partial charge in [-0.2, -0.15) is 5.10 Å². The van der Waals surface area contributed by atoms with Gasteiger partial charge >= 0.3 is 0 Å². The molecule has 1 aromatic carbocycles. The number of nitrogens with two attached hydrogens (primary N) is 1. The lowest BCUT2D eigenvalue weighted by Crippen LogP contribution is -2.28. The van der Waals surface area contributed by atoms with Gasteiger partial charge in [0.1, 0.15) is 0 Å². The largest absolute Gasteiger partial charge is 0.399 e. The highest BCUT2D eigenvalue weighted by Gasteiger charge is 2.24. The lowest BCUT2D eigenvalue weighted by atomic mass is 10.2. The molecule has 0 unspecified atom stereocenters. The number of anilines is 1. The molecular weight excluding hydrogens is 228 g/mol. The van der Waals surface area contributed by atoms with E-state index in [4.69, 9.17) is 5.73 Å². The number of nitrogen functional groups attached to an aromatic ring is 1. The lowest BCUT2D eigenvalue weighted by Gasteiger charge is -2.13. The van der Waals surface area contributed by atoms with Gasteiger partial charge in [0, 0.05) is 31.2 Å². The number of carbonyl (C=O) groups excluding carboxylic acids is 1. The van der Waals surface area contributed by atoms with Crippen LogP contribution in [0.15, 0.2) is 18.2 Å². The predicted molar refractivity (Wildman–Crippen MR) is 70.3 cm³/mol. The molecule has 0 aliphatic carbocycles. The zero-order valence-electron chi connectivity index (χ0n) is 10.4. The van der Waals surface area contributed by atoms with Gasteiger partial charge in [0.2, 0.25) is 0 Å². The summed E-state index contributed by atoms with van der Waals surface area (Å²) in [4.78, 5) is 14.3. The predicted octanol–water partition coefficient (Wildman–Crippen LogP) is 1.39. The maximum Gasteiger partial charge on any atom is 0.274 e. The van der Waals surface area contributed by atoms with Crippen LogP contribution in [0.1, 0.15) is 23.3 Å². The molecular formula is C13H16N4O. The van der Waals surface area contributed by atoms with E-state index in [1.807, 2.05) is 30.1 Å². The number of hydrogen-bond donors (Lipinski definition) is 1. The molecule has 94 valence electrons. The lowest BCUT2D eigenvalue weighted by molar-refractivity contribution is 0.0788. The SMILES string of the molecule is Cn1nc(C(=O)N2CCCC2)c2ccc(N)cc21. The molecule has 0 radical (unpaired) electrons. The smallest absolute Gasteiger partial charge is 0.274 e. The second kappa shape index (κ2) is 4.01. The number of nitrogens with zero attached hydrogens (tertiary/aromatic N) is 3. The van der Waals surface area contributed by atoms with Crippen LogP contribution in [0, 0.1) is 0 Å². The van der Waals surface area contributed by atoms with Crippen molar-refractivity contribution >= 4 is 22.5 Å². The molecule has 2 heterocycles. The normalized spacial score (nSPS) is 15.5. The van der Waals surface area contributed by atoms with Crippen LogP contribution < -0.4 is 5.73 Å². The molecule has 1 fully saturated rings. The second-order valence-electron chi connectivity index (χ2n) is 4.75. The Morgan fingerprint density at radius 2 is 2.06 bits per heavy atom. The van der Waals surface area contributed by atoms with Gasteiger partial charge in [-0.15, -0.1) is 0 Å². The second-order valence-corrected chi connectivity index (χ2v) is 4.75. The van der Waals surface area contributed by atoms with Crippen LogP contribution in [0.4, 0.5) is 5.69 Å². The molecule has 1 aliphatic heterocycles. The molecule has 3 rings (SSSR count). The van der Waals surface area contributed by atoms with E-state index in [1.54, 1.807) is 4.68 Å². The Morgan fingerprint density at radius 3 is 2.78 bits per heavy atom. The number of fused-ring (bicyclic) bond motifs is 1. The Hall–Kier alpha value is -2.04. The van der Waals surface area contributed by atoms with Gasteiger partial charge in [0.25, 0.3) is 5.91 Å². The first-order valence-corrected chi connectivity index (χ1v) is 6.18. The summed E-state index contributed by atoms with van der Waals surface area (Å²) in [7, 11) is 1.84. The summed E-state index contributed by atoms with van der Waals surface area (Å²) < 4.78 is 1.72. The molecule has 1 aliphatic rings. The Bertz CT molecular complexity index is 611. The van der Waals surface area contributed by atoms with Crippen LogP contribution >= 0.6 is 0 Å². The standard InChI is InChI=1S/C13H16N4O/c1-16-11-8-9(14)4-5-10(11)12(15-16)13(18)17-6-2-3-7-17/h4-5,8H,2-3,6-7,14H2,1H3. The molecule has 2 N–H and O–H groups in total. The summed E-state index contributed by atoms with van der Waals surface area (Å²) >= 11 is 0. The van der Waals surface area contributed by atoms with E-state index in [9.17, 15) is 4.79 Å². The maximum atomic E-state index is 12.4. The first kappa shape index (κ1) is 11.1. The summed E-state index contributed by atoms with van der Waals surface area (Å²) in [6.07, 6.45) is 2.17. The zero-order chi connectivity index (χ0) is 12.7. The highest BCUT2D eigenvalue weighted by molar-refractivity contribution is 6.05. The van der Waals surface area contributed by atoms with Crippen LogP contribution in [0.2, 0.25) is 0 Å². The molecule has 1 saturated heterocycles. The molecule has 0 atom stereocenters. The van der Waals surface area contributed by atoms with Crippen LogP contribution in [0.5, 0.6) is 0 Å². The van der Waals surface area contributed by atoms with Crippen molar-refractivity contribution in [3.63, 3.8) is 0 Å². The average Bonchev–Trinajstić information content (AvgIpc) is 2.97. The summed E-state index contributed by atoms with van der Waals surface area (Å²) in [5.41, 5.74) is 7.89. The number of carbonyl (C=O) groups is 1. The zero-order valence-corrected chi connectivity index (χ0v) is 10.4. The van der Waals surface area contributed by atoms with Gasteiger partial charge in [-0.3, -0.25) is 9.48 Å². The van der Waals surface area contributed by atoms with Crippen molar-refractivity contribution in [2.24, 2.45) is 7.05 Å². The number of benzene rings is 1. The van der Waals surface area contributed by atoms with Crippen molar-refractivity contribution in [1.82, 2.24) is 14.7 Å². The molecule has 0 spiro atoms. The first-order valence-electron chi connectivity index (χ1n) is 6.18. The van der Waals surface area contributed by atoms with Gasteiger partial charge in [0.15, 0.2) is 5.69 Å². The summed E-state index contributed by atoms with van der Waals surface area (Å²) in [6.45, 7) is 1.68. The minimum Gasteiger partial charge on any atom is -0.399 e. The molecule has 5 heteroatoms. The van der Waals surface area contributed by atoms with Crippen molar-refractivity contribution in [2.45, 2.75) is 12.8 Å². The molecule has 1 amide bonds. The number of hydrogen-bond acceptors (Lipinski definition) is 3. The number of aromatic nitrogens is 2. The quantitative estimate of drug-likeness (QED) is 0.771. The maximum absolute atomic E-state index is 12.4. The van der Waals surface area contributed by atoms with E-state index in [0.29, 0.717) is 11.4 Å². The van der Waals surface area contributed by atoms with E-state index in [1.165, 1.54) is 0 Å². The Balaban J connectivity index is 2.09. The van der Waals surface area contributed by atoms with Crippen LogP contribution in [-0.2, 0) is 7.05 Å². The van der Waals surface area contributed by atoms with Gasteiger partial charge in [0.05, 0.1) is 5.52 Å². The van der Waals surface area contributed by atoms with E-state index >= 15 is 0 Å². The third-order valence-corrected chi connectivity index (χ3v) is 3.47. The number of likely N-dealkylation sites (tertiary alicyclic amines) is 1. The average molecular weight is 244 g/mol. The fraction of sp³-hybridized carbons (Fsp3) is 0.385. The van der Waals surface area contributed by atoms with Crippen LogP contribution in [-0.4, -0.2) is 33.7 Å². The molecule has 5 nitrogen and oxygen atoms in total. The third kappa shape index (κ3) is 1.63. The van der Waals surface area contributed by atoms with Crippen molar-refractivity contribution in [2.75, 3.05) is 18.8 Å². The van der Waals surface area contributed by atoms with Crippen molar-refractivity contribution in [3.05, 3.63) is 23.9 Å². The van der Waals surface area contributed by atoms with Crippen molar-refractivity contribution in [3.8, 4) is 0 Å². The van der Waals surface area contributed by atoms with Gasteiger partial charge < -0.3 is 10.6 Å². The first-order chi connectivity index (χ1) is 8.66. The number of aryl methyl sites for hydroxylation is 1. The molecule has 18 heavy (non-hydrogen) atoms. The summed E-state index contributed by atoms with van der Waals surface area (Å²) in [5, 5.41) is 5.22. The van der Waals surface area contributed by atoms with Crippen LogP contribution in [0.3, 0.4) is 0 Å². The van der Waals surface area contributed by atoms with E-state index < -0.39 is 0 Å². The van der Waals surface area contributed by atoms with Crippen LogP contribution in [0.25, 0.3) is 10.9 Å². The Morgan fingerprint density at radius 1 is 1.33 bits per heavy atom. The van der Waals surface area contributed by atoms with Crippen molar-refractivity contribution < 1.29 is 4.79 Å². The molecule has 0 saturated carbocycles. The highest BCUT2D eigenvalue weighted by Crippen LogP contribution is 2.23. The van der Waals surface area contributed by atoms with Gasteiger partial charge in [-0.1, -0.05) is 0 Å². The Labute approximate surface area is 105 Å². The third-order valence-electron chi connectivity index (χ3n) is 3.47. The molecule has 2 aromatic rings. The van der Waals surface area contributed by atoms with Crippen molar-refractivity contribution in [1.29, 1.82) is 0 Å². The monoisotopic (exact) mass is 244 g/mol. The topological polar surface area (TPSA) is 64.2 Å². The van der Waals surface area contributed by atoms with E-state index in [2.05, 4.69) is 5.10 Å². The minimum absolute atomic E-state index is 0.0304. The summed E-state index contributed by atoms with van der Waals surface area (Å²) in [5.74, 6) is 0.0304. The fourth-order valence-electron chi connectivity index (χ4n) is 2.50. The number of rotatable bonds is 1. The highest BCUT2D eigenvalue weighted by atomic mass is 16.2. The van der Waals surface area contributed by atoms with E-state index in [-0.39, 0.29) is 5.91 Å². The van der Waals surface area contributed by atoms with Gasteiger partial charge in [-0.05, 0) is 31.0 Å². The molecule has 0 bridgehead atoms. The van der Waals surface area contributed by atoms with Gasteiger partial charge in [-0.25, -0.2) is 0 Å². The van der Waals surface area contributed by atoms with E-state index in [0.717, 1.165) is 36.8 Å². The molecule has 1 aromatic heterocycles. The summed E-state index contributed by atoms with van der Waals surface area (Å²) in [6, 6.07) is 5.54. The Kier molecular flexibility index (Phi) is 2.47. The minimum atomic E-state index is 0.0304. The number of amides is 1.